The third kappa shape index (κ3) is 2.44. The first kappa shape index (κ1) is 11.6. The third-order valence-corrected chi connectivity index (χ3v) is 4.45. The normalized spacial score (nSPS) is 12.4. The van der Waals surface area contributed by atoms with Gasteiger partial charge in [0.25, 0.3) is 0 Å². The van der Waals surface area contributed by atoms with Crippen LogP contribution in [0.1, 0.15) is 23.4 Å². The van der Waals surface area contributed by atoms with Crippen LogP contribution in [-0.4, -0.2) is 4.98 Å². The molecule has 84 valence electrons. The minimum atomic E-state index is 0.267. The Morgan fingerprint density at radius 3 is 2.88 bits per heavy atom. The zero-order valence-corrected chi connectivity index (χ0v) is 11.6. The first-order valence-electron chi connectivity index (χ1n) is 5.09. The zero-order chi connectivity index (χ0) is 11.5. The second-order valence-electron chi connectivity index (χ2n) is 3.67. The molecule has 1 unspecified atom stereocenters. The van der Waals surface area contributed by atoms with E-state index in [-0.39, 0.29) is 6.04 Å². The Balaban J connectivity index is 2.17. The van der Waals surface area contributed by atoms with E-state index in [2.05, 4.69) is 57.6 Å². The Labute approximate surface area is 108 Å². The highest BCUT2D eigenvalue weighted by Crippen LogP contribution is 2.31. The Bertz CT molecular complexity index is 481. The lowest BCUT2D eigenvalue weighted by Crippen LogP contribution is -2.07. The first-order chi connectivity index (χ1) is 7.68. The molecular weight excluding hydrogens is 284 g/mol. The SMILES string of the molecule is Cc1cccnc1NC(C)c1sccc1Br. The van der Waals surface area contributed by atoms with Gasteiger partial charge in [0.2, 0.25) is 0 Å². The molecule has 2 rings (SSSR count). The van der Waals surface area contributed by atoms with Crippen molar-refractivity contribution in [3.63, 3.8) is 0 Å². The average Bonchev–Trinajstić information content (AvgIpc) is 2.68. The summed E-state index contributed by atoms with van der Waals surface area (Å²) in [5, 5.41) is 5.51. The summed E-state index contributed by atoms with van der Waals surface area (Å²) in [6.07, 6.45) is 1.81. The van der Waals surface area contributed by atoms with Crippen molar-refractivity contribution in [3.8, 4) is 0 Å². The molecule has 2 heterocycles. The summed E-state index contributed by atoms with van der Waals surface area (Å²) in [4.78, 5) is 5.63. The van der Waals surface area contributed by atoms with Gasteiger partial charge in [0, 0.05) is 15.5 Å². The Morgan fingerprint density at radius 2 is 2.25 bits per heavy atom. The van der Waals surface area contributed by atoms with E-state index in [0.29, 0.717) is 0 Å². The predicted molar refractivity (Wildman–Crippen MR) is 73.0 cm³/mol. The Kier molecular flexibility index (Phi) is 3.61. The summed E-state index contributed by atoms with van der Waals surface area (Å²) in [5.74, 6) is 0.954. The number of nitrogens with one attached hydrogen (secondary N) is 1. The highest BCUT2D eigenvalue weighted by molar-refractivity contribution is 9.10. The number of hydrogen-bond donors (Lipinski definition) is 1. The number of anilines is 1. The molecule has 0 bridgehead atoms. The van der Waals surface area contributed by atoms with Gasteiger partial charge in [-0.2, -0.15) is 0 Å². The third-order valence-electron chi connectivity index (χ3n) is 2.40. The van der Waals surface area contributed by atoms with Crippen molar-refractivity contribution in [2.45, 2.75) is 19.9 Å². The van der Waals surface area contributed by atoms with Gasteiger partial charge >= 0.3 is 0 Å². The fourth-order valence-corrected chi connectivity index (χ4v) is 3.25. The van der Waals surface area contributed by atoms with Crippen molar-refractivity contribution in [1.29, 1.82) is 0 Å². The lowest BCUT2D eigenvalue weighted by atomic mass is 10.2. The average molecular weight is 297 g/mol. The maximum atomic E-state index is 4.34. The summed E-state index contributed by atoms with van der Waals surface area (Å²) in [6, 6.07) is 6.35. The fraction of sp³-hybridized carbons (Fsp3) is 0.250. The molecule has 0 spiro atoms. The number of rotatable bonds is 3. The van der Waals surface area contributed by atoms with Crippen molar-refractivity contribution in [3.05, 3.63) is 44.7 Å². The number of halogens is 1. The molecule has 1 N–H and O–H groups in total. The van der Waals surface area contributed by atoms with Crippen molar-refractivity contribution >= 4 is 33.1 Å². The highest BCUT2D eigenvalue weighted by atomic mass is 79.9. The summed E-state index contributed by atoms with van der Waals surface area (Å²) in [7, 11) is 0. The van der Waals surface area contributed by atoms with Gasteiger partial charge in [-0.25, -0.2) is 4.98 Å². The van der Waals surface area contributed by atoms with E-state index in [4.69, 9.17) is 0 Å². The summed E-state index contributed by atoms with van der Waals surface area (Å²) in [5.41, 5.74) is 1.17. The molecule has 0 aliphatic carbocycles. The second kappa shape index (κ2) is 4.97. The van der Waals surface area contributed by atoms with E-state index < -0.39 is 0 Å². The molecule has 0 fully saturated rings. The van der Waals surface area contributed by atoms with Crippen molar-refractivity contribution in [2.75, 3.05) is 5.32 Å². The molecule has 16 heavy (non-hydrogen) atoms. The van der Waals surface area contributed by atoms with E-state index in [9.17, 15) is 0 Å². The summed E-state index contributed by atoms with van der Waals surface area (Å²) in [6.45, 7) is 4.20. The highest BCUT2D eigenvalue weighted by Gasteiger charge is 2.11. The molecule has 0 saturated heterocycles. The van der Waals surface area contributed by atoms with Crippen LogP contribution in [-0.2, 0) is 0 Å². The van der Waals surface area contributed by atoms with Gasteiger partial charge in [0.1, 0.15) is 5.82 Å². The van der Waals surface area contributed by atoms with Crippen molar-refractivity contribution < 1.29 is 0 Å². The van der Waals surface area contributed by atoms with Crippen LogP contribution >= 0.6 is 27.3 Å². The van der Waals surface area contributed by atoms with Crippen LogP contribution < -0.4 is 5.32 Å². The molecule has 0 amide bonds. The van der Waals surface area contributed by atoms with Crippen molar-refractivity contribution in [1.82, 2.24) is 4.98 Å². The van der Waals surface area contributed by atoms with Crippen LogP contribution in [0, 0.1) is 6.92 Å². The molecule has 4 heteroatoms. The molecular formula is C12H13BrN2S. The number of pyridine rings is 1. The molecule has 2 aromatic heterocycles. The van der Waals surface area contributed by atoms with Crippen molar-refractivity contribution in [2.24, 2.45) is 0 Å². The van der Waals surface area contributed by atoms with Gasteiger partial charge in [0.05, 0.1) is 6.04 Å². The van der Waals surface area contributed by atoms with E-state index in [1.165, 1.54) is 10.4 Å². The first-order valence-corrected chi connectivity index (χ1v) is 6.77. The quantitative estimate of drug-likeness (QED) is 0.909. The number of hydrogen-bond acceptors (Lipinski definition) is 3. The van der Waals surface area contributed by atoms with Crippen LogP contribution in [0.3, 0.4) is 0 Å². The second-order valence-corrected chi connectivity index (χ2v) is 5.47. The van der Waals surface area contributed by atoms with Crippen LogP contribution in [0.5, 0.6) is 0 Å². The van der Waals surface area contributed by atoms with Gasteiger partial charge < -0.3 is 5.32 Å². The molecule has 2 aromatic rings. The summed E-state index contributed by atoms with van der Waals surface area (Å²) >= 11 is 5.29. The standard InChI is InChI=1S/C12H13BrN2S/c1-8-4-3-6-14-12(8)15-9(2)11-10(13)5-7-16-11/h3-7,9H,1-2H3,(H,14,15). The number of thiophene rings is 1. The van der Waals surface area contributed by atoms with Crippen LogP contribution in [0.25, 0.3) is 0 Å². The maximum absolute atomic E-state index is 4.34. The molecule has 1 atom stereocenters. The lowest BCUT2D eigenvalue weighted by Gasteiger charge is -2.15. The molecule has 0 aliphatic heterocycles. The molecule has 2 nitrogen and oxygen atoms in total. The lowest BCUT2D eigenvalue weighted by molar-refractivity contribution is 0.888. The molecule has 0 radical (unpaired) electrons. The Morgan fingerprint density at radius 1 is 1.44 bits per heavy atom. The van der Waals surface area contributed by atoms with Gasteiger partial charge in [-0.3, -0.25) is 0 Å². The predicted octanol–water partition coefficient (Wildman–Crippen LogP) is 4.39. The molecule has 0 saturated carbocycles. The van der Waals surface area contributed by atoms with E-state index in [0.717, 1.165) is 10.3 Å². The van der Waals surface area contributed by atoms with Gasteiger partial charge in [-0.1, -0.05) is 6.07 Å². The monoisotopic (exact) mass is 296 g/mol. The molecule has 0 aliphatic rings. The minimum Gasteiger partial charge on any atom is -0.362 e. The smallest absolute Gasteiger partial charge is 0.129 e. The molecule has 0 aromatic carbocycles. The van der Waals surface area contributed by atoms with E-state index in [1.54, 1.807) is 11.3 Å². The minimum absolute atomic E-state index is 0.267. The number of aromatic nitrogens is 1. The van der Waals surface area contributed by atoms with E-state index in [1.807, 2.05) is 12.3 Å². The van der Waals surface area contributed by atoms with Crippen LogP contribution in [0.15, 0.2) is 34.2 Å². The van der Waals surface area contributed by atoms with Gasteiger partial charge in [-0.15, -0.1) is 11.3 Å². The van der Waals surface area contributed by atoms with Crippen LogP contribution in [0.2, 0.25) is 0 Å². The maximum Gasteiger partial charge on any atom is 0.129 e. The van der Waals surface area contributed by atoms with E-state index >= 15 is 0 Å². The number of aryl methyl sites for hydroxylation is 1. The van der Waals surface area contributed by atoms with Crippen LogP contribution in [0.4, 0.5) is 5.82 Å². The van der Waals surface area contributed by atoms with Gasteiger partial charge in [0.15, 0.2) is 0 Å². The summed E-state index contributed by atoms with van der Waals surface area (Å²) < 4.78 is 1.16. The Hall–Kier alpha value is -0.870. The zero-order valence-electron chi connectivity index (χ0n) is 9.20. The topological polar surface area (TPSA) is 24.9 Å². The fourth-order valence-electron chi connectivity index (χ4n) is 1.52. The number of nitrogens with zero attached hydrogens (tertiary/aromatic N) is 1. The largest absolute Gasteiger partial charge is 0.362 e. The van der Waals surface area contributed by atoms with Gasteiger partial charge in [-0.05, 0) is 52.9 Å².